The van der Waals surface area contributed by atoms with Crippen LogP contribution in [0.1, 0.15) is 59.9 Å². The van der Waals surface area contributed by atoms with E-state index in [1.165, 1.54) is 0 Å². The molecule has 3 rings (SSSR count). The molecule has 0 aliphatic heterocycles. The molecule has 0 radical (unpaired) electrons. The molecule has 6 heteroatoms. The lowest BCUT2D eigenvalue weighted by Crippen LogP contribution is -2.43. The Morgan fingerprint density at radius 2 is 1.93 bits per heavy atom. The Hall–Kier alpha value is -2.94. The van der Waals surface area contributed by atoms with Crippen molar-refractivity contribution in [1.29, 1.82) is 5.26 Å². The molecular formula is C22H27N5O. The quantitative estimate of drug-likeness (QED) is 0.864. The fourth-order valence-corrected chi connectivity index (χ4v) is 3.73. The average molecular weight is 377 g/mol. The van der Waals surface area contributed by atoms with Crippen molar-refractivity contribution >= 4 is 11.6 Å². The average Bonchev–Trinajstić information content (AvgIpc) is 2.73. The Bertz CT molecular complexity index is 863. The molecule has 1 fully saturated rings. The molecule has 0 unspecified atom stereocenters. The van der Waals surface area contributed by atoms with E-state index in [0.29, 0.717) is 11.6 Å². The van der Waals surface area contributed by atoms with Gasteiger partial charge in [-0.1, -0.05) is 6.92 Å². The molecule has 0 bridgehead atoms. The second-order valence-corrected chi connectivity index (χ2v) is 7.44. The van der Waals surface area contributed by atoms with Crippen LogP contribution in [0.25, 0.3) is 0 Å². The highest BCUT2D eigenvalue weighted by atomic mass is 16.1. The van der Waals surface area contributed by atoms with E-state index in [0.717, 1.165) is 54.7 Å². The highest BCUT2D eigenvalue weighted by Gasteiger charge is 2.25. The molecule has 146 valence electrons. The first-order valence-electron chi connectivity index (χ1n) is 9.87. The van der Waals surface area contributed by atoms with Crippen molar-refractivity contribution in [1.82, 2.24) is 15.3 Å². The predicted octanol–water partition coefficient (Wildman–Crippen LogP) is 3.40. The highest BCUT2D eigenvalue weighted by Crippen LogP contribution is 2.27. The number of carbonyl (C=O) groups is 1. The van der Waals surface area contributed by atoms with Gasteiger partial charge in [-0.25, -0.2) is 9.97 Å². The third kappa shape index (κ3) is 4.48. The number of aryl methyl sites for hydroxylation is 2. The maximum absolute atomic E-state index is 12.4. The van der Waals surface area contributed by atoms with E-state index in [1.807, 2.05) is 26.0 Å². The summed E-state index contributed by atoms with van der Waals surface area (Å²) in [5, 5.41) is 12.2. The van der Waals surface area contributed by atoms with Gasteiger partial charge in [0, 0.05) is 43.6 Å². The molecule has 1 aromatic carbocycles. The number of nitriles is 1. The molecular weight excluding hydrogens is 350 g/mol. The highest BCUT2D eigenvalue weighted by molar-refractivity contribution is 5.93. The molecule has 2 aromatic rings. The standard InChI is InChI=1S/C22H27N5O/c1-4-21-24-13-17(14-25-21)22(28)26-18-6-9-19(10-7-18)27(3)20-8-5-16(12-23)15(2)11-20/h5,8,11,13-14,18-19H,4,6-7,9-10H2,1-3H3,(H,26,28). The van der Waals surface area contributed by atoms with Crippen LogP contribution >= 0.6 is 0 Å². The summed E-state index contributed by atoms with van der Waals surface area (Å²) in [5.74, 6) is 0.653. The van der Waals surface area contributed by atoms with Gasteiger partial charge in [0.15, 0.2) is 0 Å². The second-order valence-electron chi connectivity index (χ2n) is 7.44. The van der Waals surface area contributed by atoms with Gasteiger partial charge in [-0.05, 0) is 56.4 Å². The van der Waals surface area contributed by atoms with Crippen LogP contribution in [0.5, 0.6) is 0 Å². The first kappa shape index (κ1) is 19.8. The molecule has 0 saturated heterocycles. The van der Waals surface area contributed by atoms with Crippen molar-refractivity contribution in [2.75, 3.05) is 11.9 Å². The van der Waals surface area contributed by atoms with E-state index in [4.69, 9.17) is 5.26 Å². The van der Waals surface area contributed by atoms with E-state index >= 15 is 0 Å². The Kier molecular flexibility index (Phi) is 6.25. The number of anilines is 1. The molecule has 1 aliphatic rings. The Morgan fingerprint density at radius 3 is 2.50 bits per heavy atom. The van der Waals surface area contributed by atoms with Crippen LogP contribution < -0.4 is 10.2 Å². The number of hydrogen-bond acceptors (Lipinski definition) is 5. The number of hydrogen-bond donors (Lipinski definition) is 1. The molecule has 1 saturated carbocycles. The number of nitrogens with one attached hydrogen (secondary N) is 1. The van der Waals surface area contributed by atoms with Crippen LogP contribution in [0.2, 0.25) is 0 Å². The number of amides is 1. The molecule has 0 spiro atoms. The van der Waals surface area contributed by atoms with E-state index in [9.17, 15) is 4.79 Å². The van der Waals surface area contributed by atoms with Crippen LogP contribution in [-0.4, -0.2) is 35.0 Å². The van der Waals surface area contributed by atoms with E-state index < -0.39 is 0 Å². The SMILES string of the molecule is CCc1ncc(C(=O)NC2CCC(N(C)c3ccc(C#N)c(C)c3)CC2)cn1. The third-order valence-electron chi connectivity index (χ3n) is 5.60. The van der Waals surface area contributed by atoms with Crippen LogP contribution in [0.3, 0.4) is 0 Å². The van der Waals surface area contributed by atoms with Gasteiger partial charge in [0.1, 0.15) is 5.82 Å². The molecule has 28 heavy (non-hydrogen) atoms. The first-order valence-corrected chi connectivity index (χ1v) is 9.87. The predicted molar refractivity (Wildman–Crippen MR) is 109 cm³/mol. The molecule has 1 N–H and O–H groups in total. The minimum absolute atomic E-state index is 0.0952. The van der Waals surface area contributed by atoms with Crippen molar-refractivity contribution in [3.63, 3.8) is 0 Å². The van der Waals surface area contributed by atoms with E-state index in [-0.39, 0.29) is 11.9 Å². The minimum atomic E-state index is -0.0952. The van der Waals surface area contributed by atoms with Crippen LogP contribution in [-0.2, 0) is 6.42 Å². The Balaban J connectivity index is 1.54. The topological polar surface area (TPSA) is 81.9 Å². The fourth-order valence-electron chi connectivity index (χ4n) is 3.73. The largest absolute Gasteiger partial charge is 0.372 e. The molecule has 0 atom stereocenters. The smallest absolute Gasteiger partial charge is 0.254 e. The lowest BCUT2D eigenvalue weighted by molar-refractivity contribution is 0.0925. The van der Waals surface area contributed by atoms with E-state index in [2.05, 4.69) is 39.4 Å². The zero-order chi connectivity index (χ0) is 20.1. The van der Waals surface area contributed by atoms with Gasteiger partial charge >= 0.3 is 0 Å². The minimum Gasteiger partial charge on any atom is -0.372 e. The maximum Gasteiger partial charge on any atom is 0.254 e. The van der Waals surface area contributed by atoms with Gasteiger partial charge in [0.2, 0.25) is 0 Å². The zero-order valence-electron chi connectivity index (χ0n) is 16.8. The van der Waals surface area contributed by atoms with Crippen molar-refractivity contribution in [2.24, 2.45) is 0 Å². The molecule has 1 aromatic heterocycles. The van der Waals surface area contributed by atoms with Crippen molar-refractivity contribution in [3.05, 3.63) is 53.1 Å². The lowest BCUT2D eigenvalue weighted by Gasteiger charge is -2.36. The summed E-state index contributed by atoms with van der Waals surface area (Å²) < 4.78 is 0. The summed E-state index contributed by atoms with van der Waals surface area (Å²) >= 11 is 0. The van der Waals surface area contributed by atoms with Gasteiger partial charge in [0.05, 0.1) is 17.2 Å². The summed E-state index contributed by atoms with van der Waals surface area (Å²) in [7, 11) is 2.11. The molecule has 1 heterocycles. The number of rotatable bonds is 5. The maximum atomic E-state index is 12.4. The molecule has 6 nitrogen and oxygen atoms in total. The summed E-state index contributed by atoms with van der Waals surface area (Å²) in [6, 6.07) is 8.82. The number of aromatic nitrogens is 2. The number of carbonyl (C=O) groups excluding carboxylic acids is 1. The lowest BCUT2D eigenvalue weighted by atomic mass is 9.89. The Morgan fingerprint density at radius 1 is 1.25 bits per heavy atom. The van der Waals surface area contributed by atoms with Gasteiger partial charge in [0.25, 0.3) is 5.91 Å². The molecule has 1 amide bonds. The van der Waals surface area contributed by atoms with Gasteiger partial charge in [-0.3, -0.25) is 4.79 Å². The van der Waals surface area contributed by atoms with Gasteiger partial charge < -0.3 is 10.2 Å². The Labute approximate surface area is 166 Å². The van der Waals surface area contributed by atoms with Crippen LogP contribution in [0.4, 0.5) is 5.69 Å². The first-order chi connectivity index (χ1) is 13.5. The van der Waals surface area contributed by atoms with Crippen LogP contribution in [0.15, 0.2) is 30.6 Å². The zero-order valence-corrected chi connectivity index (χ0v) is 16.8. The number of nitrogens with zero attached hydrogens (tertiary/aromatic N) is 4. The van der Waals surface area contributed by atoms with Gasteiger partial charge in [-0.15, -0.1) is 0 Å². The summed E-state index contributed by atoms with van der Waals surface area (Å²) in [5.41, 5.74) is 3.38. The normalized spacial score (nSPS) is 18.9. The monoisotopic (exact) mass is 377 g/mol. The fraction of sp³-hybridized carbons (Fsp3) is 0.455. The second kappa shape index (κ2) is 8.83. The van der Waals surface area contributed by atoms with Crippen molar-refractivity contribution < 1.29 is 4.79 Å². The number of benzene rings is 1. The summed E-state index contributed by atoms with van der Waals surface area (Å²) in [4.78, 5) is 23.1. The van der Waals surface area contributed by atoms with Crippen molar-refractivity contribution in [3.8, 4) is 6.07 Å². The molecule has 1 aliphatic carbocycles. The summed E-state index contributed by atoms with van der Waals surface area (Å²) in [6.07, 6.45) is 7.91. The van der Waals surface area contributed by atoms with E-state index in [1.54, 1.807) is 12.4 Å². The third-order valence-corrected chi connectivity index (χ3v) is 5.60. The van der Waals surface area contributed by atoms with Crippen molar-refractivity contribution in [2.45, 2.75) is 58.0 Å². The summed E-state index contributed by atoms with van der Waals surface area (Å²) in [6.45, 7) is 3.96. The van der Waals surface area contributed by atoms with Crippen LogP contribution in [0, 0.1) is 18.3 Å². The van der Waals surface area contributed by atoms with Gasteiger partial charge in [-0.2, -0.15) is 5.26 Å².